The van der Waals surface area contributed by atoms with Crippen LogP contribution < -0.4 is 5.32 Å². The Labute approximate surface area is 84.7 Å². The van der Waals surface area contributed by atoms with Gasteiger partial charge in [0.05, 0.1) is 6.42 Å². The first-order valence-corrected chi connectivity index (χ1v) is 4.99. The van der Waals surface area contributed by atoms with Crippen LogP contribution in [0.25, 0.3) is 0 Å². The number of aliphatic carboxylic acids is 1. The molecule has 0 heterocycles. The molecule has 0 rings (SSSR count). The molecule has 4 heteroatoms. The zero-order valence-corrected chi connectivity index (χ0v) is 9.04. The standard InChI is InChI=1S/C10H19NO3/c1-4-5-8(6-9(12)13)10(14)11-7(2)3/h7-8H,4-6H2,1-3H3,(H,11,14)(H,12,13). The van der Waals surface area contributed by atoms with E-state index in [9.17, 15) is 9.59 Å². The van der Waals surface area contributed by atoms with E-state index in [1.807, 2.05) is 20.8 Å². The lowest BCUT2D eigenvalue weighted by Crippen LogP contribution is -2.36. The number of carboxylic acid groups (broad SMARTS) is 1. The first-order chi connectivity index (χ1) is 6.47. The van der Waals surface area contributed by atoms with Crippen molar-refractivity contribution < 1.29 is 14.7 Å². The van der Waals surface area contributed by atoms with E-state index in [0.717, 1.165) is 6.42 Å². The van der Waals surface area contributed by atoms with Gasteiger partial charge in [0, 0.05) is 12.0 Å². The SMILES string of the molecule is CCCC(CC(=O)O)C(=O)NC(C)C. The molecule has 1 amide bonds. The summed E-state index contributed by atoms with van der Waals surface area (Å²) in [5, 5.41) is 11.3. The maximum absolute atomic E-state index is 11.5. The van der Waals surface area contributed by atoms with Gasteiger partial charge in [0.25, 0.3) is 0 Å². The van der Waals surface area contributed by atoms with Crippen molar-refractivity contribution in [2.75, 3.05) is 0 Å². The summed E-state index contributed by atoms with van der Waals surface area (Å²) in [6.07, 6.45) is 1.38. The molecule has 0 bridgehead atoms. The minimum Gasteiger partial charge on any atom is -0.481 e. The fourth-order valence-corrected chi connectivity index (χ4v) is 1.29. The molecule has 0 fully saturated rings. The molecule has 1 unspecified atom stereocenters. The molecular weight excluding hydrogens is 182 g/mol. The summed E-state index contributed by atoms with van der Waals surface area (Å²) in [6, 6.07) is 0.0654. The summed E-state index contributed by atoms with van der Waals surface area (Å²) in [6.45, 7) is 5.67. The molecule has 0 aliphatic carbocycles. The van der Waals surface area contributed by atoms with Crippen LogP contribution in [0.15, 0.2) is 0 Å². The molecule has 14 heavy (non-hydrogen) atoms. The van der Waals surface area contributed by atoms with Crippen molar-refractivity contribution in [2.24, 2.45) is 5.92 Å². The van der Waals surface area contributed by atoms with E-state index >= 15 is 0 Å². The van der Waals surface area contributed by atoms with Gasteiger partial charge in [-0.15, -0.1) is 0 Å². The lowest BCUT2D eigenvalue weighted by Gasteiger charge is -2.15. The van der Waals surface area contributed by atoms with Gasteiger partial charge in [-0.05, 0) is 20.3 Å². The van der Waals surface area contributed by atoms with E-state index in [0.29, 0.717) is 6.42 Å². The number of nitrogens with one attached hydrogen (secondary N) is 1. The lowest BCUT2D eigenvalue weighted by atomic mass is 9.98. The van der Waals surface area contributed by atoms with Crippen LogP contribution in [-0.4, -0.2) is 23.0 Å². The Morgan fingerprint density at radius 3 is 2.29 bits per heavy atom. The van der Waals surface area contributed by atoms with E-state index in [-0.39, 0.29) is 24.3 Å². The van der Waals surface area contributed by atoms with Gasteiger partial charge in [0.1, 0.15) is 0 Å². The van der Waals surface area contributed by atoms with E-state index < -0.39 is 5.97 Å². The van der Waals surface area contributed by atoms with Gasteiger partial charge in [-0.2, -0.15) is 0 Å². The average molecular weight is 201 g/mol. The zero-order valence-electron chi connectivity index (χ0n) is 9.04. The number of carbonyl (C=O) groups excluding carboxylic acids is 1. The average Bonchev–Trinajstić information content (AvgIpc) is 2.01. The molecule has 0 radical (unpaired) electrons. The predicted octanol–water partition coefficient (Wildman–Crippen LogP) is 1.40. The molecule has 4 nitrogen and oxygen atoms in total. The highest BCUT2D eigenvalue weighted by molar-refractivity contribution is 5.83. The van der Waals surface area contributed by atoms with Crippen molar-refractivity contribution in [3.8, 4) is 0 Å². The van der Waals surface area contributed by atoms with Gasteiger partial charge >= 0.3 is 5.97 Å². The number of rotatable bonds is 6. The monoisotopic (exact) mass is 201 g/mol. The summed E-state index contributed by atoms with van der Waals surface area (Å²) in [4.78, 5) is 22.0. The van der Waals surface area contributed by atoms with Crippen LogP contribution in [0.2, 0.25) is 0 Å². The smallest absolute Gasteiger partial charge is 0.304 e. The van der Waals surface area contributed by atoms with E-state index in [1.54, 1.807) is 0 Å². The van der Waals surface area contributed by atoms with Crippen molar-refractivity contribution in [1.82, 2.24) is 5.32 Å². The quantitative estimate of drug-likeness (QED) is 0.682. The van der Waals surface area contributed by atoms with Gasteiger partial charge in [0.2, 0.25) is 5.91 Å². The molecule has 0 aliphatic rings. The van der Waals surface area contributed by atoms with Gasteiger partial charge in [0.15, 0.2) is 0 Å². The van der Waals surface area contributed by atoms with Crippen LogP contribution in [0.1, 0.15) is 40.0 Å². The predicted molar refractivity (Wildman–Crippen MR) is 53.9 cm³/mol. The fraction of sp³-hybridized carbons (Fsp3) is 0.800. The Morgan fingerprint density at radius 2 is 1.93 bits per heavy atom. The maximum atomic E-state index is 11.5. The Morgan fingerprint density at radius 1 is 1.36 bits per heavy atom. The normalized spacial score (nSPS) is 12.6. The van der Waals surface area contributed by atoms with Crippen LogP contribution in [0.3, 0.4) is 0 Å². The van der Waals surface area contributed by atoms with Gasteiger partial charge in [-0.25, -0.2) is 0 Å². The highest BCUT2D eigenvalue weighted by Crippen LogP contribution is 2.11. The number of hydrogen-bond donors (Lipinski definition) is 2. The van der Waals surface area contributed by atoms with Crippen molar-refractivity contribution in [3.05, 3.63) is 0 Å². The summed E-state index contributed by atoms with van der Waals surface area (Å²) in [7, 11) is 0. The second-order valence-electron chi connectivity index (χ2n) is 3.75. The Hall–Kier alpha value is -1.06. The molecular formula is C10H19NO3. The minimum absolute atomic E-state index is 0.0654. The molecule has 0 aromatic rings. The highest BCUT2D eigenvalue weighted by Gasteiger charge is 2.20. The summed E-state index contributed by atoms with van der Waals surface area (Å²) in [5.74, 6) is -1.45. The van der Waals surface area contributed by atoms with Crippen molar-refractivity contribution in [1.29, 1.82) is 0 Å². The lowest BCUT2D eigenvalue weighted by molar-refractivity contribution is -0.141. The van der Waals surface area contributed by atoms with Crippen molar-refractivity contribution in [2.45, 2.75) is 46.1 Å². The zero-order chi connectivity index (χ0) is 11.1. The van der Waals surface area contributed by atoms with Crippen LogP contribution in [0, 0.1) is 5.92 Å². The van der Waals surface area contributed by atoms with E-state index in [2.05, 4.69) is 5.32 Å². The van der Waals surface area contributed by atoms with Crippen LogP contribution in [0.5, 0.6) is 0 Å². The first kappa shape index (κ1) is 12.9. The third-order valence-corrected chi connectivity index (χ3v) is 1.86. The van der Waals surface area contributed by atoms with Crippen LogP contribution >= 0.6 is 0 Å². The molecule has 82 valence electrons. The number of hydrogen-bond acceptors (Lipinski definition) is 2. The molecule has 0 saturated heterocycles. The summed E-state index contributed by atoms with van der Waals surface area (Å²) < 4.78 is 0. The number of carboxylic acids is 1. The second-order valence-corrected chi connectivity index (χ2v) is 3.75. The number of amides is 1. The highest BCUT2D eigenvalue weighted by atomic mass is 16.4. The fourth-order valence-electron chi connectivity index (χ4n) is 1.29. The van der Waals surface area contributed by atoms with Gasteiger partial charge < -0.3 is 10.4 Å². The van der Waals surface area contributed by atoms with Crippen molar-refractivity contribution >= 4 is 11.9 Å². The van der Waals surface area contributed by atoms with Crippen LogP contribution in [0.4, 0.5) is 0 Å². The van der Waals surface area contributed by atoms with Crippen LogP contribution in [-0.2, 0) is 9.59 Å². The number of carbonyl (C=O) groups is 2. The Bertz CT molecular complexity index is 202. The summed E-state index contributed by atoms with van der Waals surface area (Å²) >= 11 is 0. The summed E-state index contributed by atoms with van der Waals surface area (Å²) in [5.41, 5.74) is 0. The molecule has 0 aliphatic heterocycles. The molecule has 2 N–H and O–H groups in total. The Balaban J connectivity index is 4.17. The largest absolute Gasteiger partial charge is 0.481 e. The molecule has 0 spiro atoms. The minimum atomic E-state index is -0.914. The molecule has 0 aromatic heterocycles. The molecule has 1 atom stereocenters. The second kappa shape index (κ2) is 6.40. The topological polar surface area (TPSA) is 66.4 Å². The maximum Gasteiger partial charge on any atom is 0.304 e. The van der Waals surface area contributed by atoms with E-state index in [4.69, 9.17) is 5.11 Å². The van der Waals surface area contributed by atoms with E-state index in [1.165, 1.54) is 0 Å². The van der Waals surface area contributed by atoms with Gasteiger partial charge in [-0.1, -0.05) is 13.3 Å². The Kier molecular flexibility index (Phi) is 5.92. The first-order valence-electron chi connectivity index (χ1n) is 4.99. The van der Waals surface area contributed by atoms with Crippen molar-refractivity contribution in [3.63, 3.8) is 0 Å². The molecule has 0 aromatic carbocycles. The third-order valence-electron chi connectivity index (χ3n) is 1.86. The molecule has 0 saturated carbocycles. The third kappa shape index (κ3) is 5.56. The van der Waals surface area contributed by atoms with Gasteiger partial charge in [-0.3, -0.25) is 9.59 Å².